The van der Waals surface area contributed by atoms with Crippen molar-refractivity contribution in [3.05, 3.63) is 44.3 Å². The van der Waals surface area contributed by atoms with E-state index in [-0.39, 0.29) is 0 Å². The summed E-state index contributed by atoms with van der Waals surface area (Å²) in [6, 6.07) is 5.13. The summed E-state index contributed by atoms with van der Waals surface area (Å²) in [7, 11) is 0. The molecule has 0 unspecified atom stereocenters. The molecule has 0 fully saturated rings. The molecule has 0 aliphatic heterocycles. The molecule has 1 heterocycles. The number of nitrogens with zero attached hydrogens (tertiary/aromatic N) is 1. The minimum atomic E-state index is 0.432. The lowest BCUT2D eigenvalue weighted by atomic mass is 10.3. The van der Waals surface area contributed by atoms with E-state index in [0.29, 0.717) is 22.4 Å². The highest BCUT2D eigenvalue weighted by atomic mass is 35.5. The smallest absolute Gasteiger partial charge is 0.131 e. The lowest BCUT2D eigenvalue weighted by Gasteiger charge is -2.05. The predicted octanol–water partition coefficient (Wildman–Crippen LogP) is 4.34. The number of ether oxygens (including phenoxy) is 1. The van der Waals surface area contributed by atoms with Gasteiger partial charge in [-0.3, -0.25) is 0 Å². The summed E-state index contributed by atoms with van der Waals surface area (Å²) in [5.41, 5.74) is 0.915. The van der Waals surface area contributed by atoms with Gasteiger partial charge in [0.15, 0.2) is 0 Å². The zero-order valence-electron chi connectivity index (χ0n) is 8.54. The molecule has 0 aliphatic rings. The van der Waals surface area contributed by atoms with Gasteiger partial charge in [-0.1, -0.05) is 23.2 Å². The van der Waals surface area contributed by atoms with Gasteiger partial charge in [0.2, 0.25) is 0 Å². The minimum absolute atomic E-state index is 0.432. The summed E-state index contributed by atoms with van der Waals surface area (Å²) < 4.78 is 5.54. The molecule has 2 rings (SSSR count). The molecule has 5 heteroatoms. The van der Waals surface area contributed by atoms with Crippen molar-refractivity contribution in [1.29, 1.82) is 0 Å². The molecule has 2 aromatic rings. The molecule has 16 heavy (non-hydrogen) atoms. The SMILES string of the molecule is Cc1nc(COc2cc(Cl)cc(Cl)c2)cs1. The van der Waals surface area contributed by atoms with Crippen molar-refractivity contribution in [1.82, 2.24) is 4.98 Å². The molecule has 0 amide bonds. The Labute approximate surface area is 108 Å². The molecular formula is C11H9Cl2NOS. The standard InChI is InChI=1S/C11H9Cl2NOS/c1-7-14-10(6-16-7)5-15-11-3-8(12)2-9(13)4-11/h2-4,6H,5H2,1H3. The van der Waals surface area contributed by atoms with E-state index >= 15 is 0 Å². The molecule has 0 bridgehead atoms. The van der Waals surface area contributed by atoms with Crippen molar-refractivity contribution in [2.75, 3.05) is 0 Å². The average molecular weight is 274 g/mol. The van der Waals surface area contributed by atoms with Crippen LogP contribution in [0.3, 0.4) is 0 Å². The van der Waals surface area contributed by atoms with E-state index in [0.717, 1.165) is 10.7 Å². The van der Waals surface area contributed by atoms with Crippen molar-refractivity contribution >= 4 is 34.5 Å². The largest absolute Gasteiger partial charge is 0.487 e. The van der Waals surface area contributed by atoms with Gasteiger partial charge in [-0.2, -0.15) is 0 Å². The Balaban J connectivity index is 2.04. The highest BCUT2D eigenvalue weighted by Gasteiger charge is 2.02. The van der Waals surface area contributed by atoms with E-state index in [2.05, 4.69) is 4.98 Å². The van der Waals surface area contributed by atoms with Gasteiger partial charge in [0.1, 0.15) is 12.4 Å². The Morgan fingerprint density at radius 3 is 2.50 bits per heavy atom. The van der Waals surface area contributed by atoms with Gasteiger partial charge in [0.25, 0.3) is 0 Å². The minimum Gasteiger partial charge on any atom is -0.487 e. The Morgan fingerprint density at radius 1 is 1.25 bits per heavy atom. The highest BCUT2D eigenvalue weighted by molar-refractivity contribution is 7.09. The molecule has 0 saturated heterocycles. The van der Waals surface area contributed by atoms with Gasteiger partial charge in [-0.15, -0.1) is 11.3 Å². The average Bonchev–Trinajstić information content (AvgIpc) is 2.60. The van der Waals surface area contributed by atoms with Crippen LogP contribution >= 0.6 is 34.5 Å². The van der Waals surface area contributed by atoms with E-state index in [1.54, 1.807) is 29.5 Å². The van der Waals surface area contributed by atoms with Crippen LogP contribution in [0.25, 0.3) is 0 Å². The van der Waals surface area contributed by atoms with Crippen molar-refractivity contribution in [3.8, 4) is 5.75 Å². The Bertz CT molecular complexity index is 478. The van der Waals surface area contributed by atoms with Crippen molar-refractivity contribution in [2.45, 2.75) is 13.5 Å². The van der Waals surface area contributed by atoms with Crippen LogP contribution in [0.2, 0.25) is 10.0 Å². The quantitative estimate of drug-likeness (QED) is 0.830. The molecule has 0 spiro atoms. The van der Waals surface area contributed by atoms with Crippen LogP contribution in [0.15, 0.2) is 23.6 Å². The summed E-state index contributed by atoms with van der Waals surface area (Å²) in [4.78, 5) is 4.30. The number of hydrogen-bond acceptors (Lipinski definition) is 3. The summed E-state index contributed by atoms with van der Waals surface area (Å²) in [6.45, 7) is 2.39. The van der Waals surface area contributed by atoms with Crippen LogP contribution in [0.4, 0.5) is 0 Å². The number of benzene rings is 1. The molecule has 1 aromatic heterocycles. The maximum Gasteiger partial charge on any atom is 0.131 e. The van der Waals surface area contributed by atoms with Crippen molar-refractivity contribution in [2.24, 2.45) is 0 Å². The van der Waals surface area contributed by atoms with Crippen LogP contribution in [-0.2, 0) is 6.61 Å². The van der Waals surface area contributed by atoms with Crippen molar-refractivity contribution < 1.29 is 4.74 Å². The first-order valence-corrected chi connectivity index (χ1v) is 6.27. The first-order valence-electron chi connectivity index (χ1n) is 4.63. The lowest BCUT2D eigenvalue weighted by Crippen LogP contribution is -1.95. The topological polar surface area (TPSA) is 22.1 Å². The molecule has 1 aromatic carbocycles. The van der Waals surface area contributed by atoms with Gasteiger partial charge in [-0.05, 0) is 25.1 Å². The van der Waals surface area contributed by atoms with Crippen LogP contribution in [0.1, 0.15) is 10.7 Å². The lowest BCUT2D eigenvalue weighted by molar-refractivity contribution is 0.302. The molecule has 0 radical (unpaired) electrons. The molecule has 0 aliphatic carbocycles. The third-order valence-corrected chi connectivity index (χ3v) is 3.15. The second kappa shape index (κ2) is 5.04. The number of halogens is 2. The second-order valence-electron chi connectivity index (χ2n) is 3.25. The Hall–Kier alpha value is -0.770. The van der Waals surface area contributed by atoms with E-state index in [4.69, 9.17) is 27.9 Å². The number of aryl methyl sites for hydroxylation is 1. The molecule has 2 nitrogen and oxygen atoms in total. The summed E-state index contributed by atoms with van der Waals surface area (Å²) in [5.74, 6) is 0.656. The zero-order valence-corrected chi connectivity index (χ0v) is 10.9. The maximum atomic E-state index is 5.86. The van der Waals surface area contributed by atoms with Crippen molar-refractivity contribution in [3.63, 3.8) is 0 Å². The van der Waals surface area contributed by atoms with Gasteiger partial charge in [0, 0.05) is 15.4 Å². The van der Waals surface area contributed by atoms with Crippen LogP contribution in [-0.4, -0.2) is 4.98 Å². The Kier molecular flexibility index (Phi) is 3.69. The fraction of sp³-hybridized carbons (Fsp3) is 0.182. The molecule has 0 N–H and O–H groups in total. The fourth-order valence-corrected chi connectivity index (χ4v) is 2.35. The fourth-order valence-electron chi connectivity index (χ4n) is 1.24. The number of aromatic nitrogens is 1. The summed E-state index contributed by atoms with van der Waals surface area (Å²) >= 11 is 13.3. The Morgan fingerprint density at radius 2 is 1.94 bits per heavy atom. The predicted molar refractivity (Wildman–Crippen MR) is 67.6 cm³/mol. The van der Waals surface area contributed by atoms with Gasteiger partial charge in [0.05, 0.1) is 10.7 Å². The second-order valence-corrected chi connectivity index (χ2v) is 5.19. The van der Waals surface area contributed by atoms with E-state index in [9.17, 15) is 0 Å². The van der Waals surface area contributed by atoms with Crippen LogP contribution in [0, 0.1) is 6.92 Å². The third kappa shape index (κ3) is 3.11. The van der Waals surface area contributed by atoms with E-state index in [1.165, 1.54) is 0 Å². The van der Waals surface area contributed by atoms with Gasteiger partial charge >= 0.3 is 0 Å². The molecule has 84 valence electrons. The highest BCUT2D eigenvalue weighted by Crippen LogP contribution is 2.24. The monoisotopic (exact) mass is 273 g/mol. The van der Waals surface area contributed by atoms with Gasteiger partial charge in [-0.25, -0.2) is 4.98 Å². The maximum absolute atomic E-state index is 5.86. The normalized spacial score (nSPS) is 10.4. The number of thiazole rings is 1. The zero-order chi connectivity index (χ0) is 11.5. The third-order valence-electron chi connectivity index (χ3n) is 1.89. The number of rotatable bonds is 3. The van der Waals surface area contributed by atoms with Gasteiger partial charge < -0.3 is 4.74 Å². The summed E-state index contributed by atoms with van der Waals surface area (Å²) in [5, 5.41) is 4.14. The molecule has 0 saturated carbocycles. The van der Waals surface area contributed by atoms with E-state index < -0.39 is 0 Å². The van der Waals surface area contributed by atoms with Crippen LogP contribution in [0.5, 0.6) is 5.75 Å². The molecule has 0 atom stereocenters. The first-order chi connectivity index (χ1) is 7.63. The first kappa shape index (κ1) is 11.7. The van der Waals surface area contributed by atoms with Crippen LogP contribution < -0.4 is 4.74 Å². The number of hydrogen-bond donors (Lipinski definition) is 0. The molecular weight excluding hydrogens is 265 g/mol. The van der Waals surface area contributed by atoms with E-state index in [1.807, 2.05) is 12.3 Å². The summed E-state index contributed by atoms with van der Waals surface area (Å²) in [6.07, 6.45) is 0.